The topological polar surface area (TPSA) is 67.4 Å². The largest absolute Gasteiger partial charge is 0.376 e. The Hall–Kier alpha value is -2.66. The van der Waals surface area contributed by atoms with Crippen molar-refractivity contribution in [2.24, 2.45) is 0 Å². The van der Waals surface area contributed by atoms with E-state index in [0.717, 1.165) is 18.4 Å². The molecular weight excluding hydrogens is 328 g/mol. The van der Waals surface area contributed by atoms with Crippen LogP contribution in [0.2, 0.25) is 0 Å². The summed E-state index contributed by atoms with van der Waals surface area (Å²) >= 11 is 0. The number of hydrogen-bond donors (Lipinski definition) is 2. The van der Waals surface area contributed by atoms with Gasteiger partial charge in [0.25, 0.3) is 0 Å². The Morgan fingerprint density at radius 2 is 1.50 bits per heavy atom. The van der Waals surface area contributed by atoms with Crippen LogP contribution in [-0.2, 0) is 33.6 Å². The normalized spacial score (nSPS) is 14.5. The summed E-state index contributed by atoms with van der Waals surface area (Å²) in [7, 11) is 1.65. The third kappa shape index (κ3) is 4.29. The van der Waals surface area contributed by atoms with Gasteiger partial charge in [0.2, 0.25) is 0 Å². The maximum Gasteiger partial charge on any atom is 0.309 e. The fourth-order valence-electron chi connectivity index (χ4n) is 3.37. The minimum atomic E-state index is -0.620. The first-order valence-electron chi connectivity index (χ1n) is 8.84. The summed E-state index contributed by atoms with van der Waals surface area (Å²) < 4.78 is 5.70. The van der Waals surface area contributed by atoms with Gasteiger partial charge in [-0.15, -0.1) is 0 Å². The van der Waals surface area contributed by atoms with Gasteiger partial charge in [0.05, 0.1) is 5.60 Å². The Kier molecular flexibility index (Phi) is 5.68. The highest BCUT2D eigenvalue weighted by molar-refractivity contribution is 6.35. The standard InChI is InChI=1S/C21H24N2O3/c1-26-21(13-17-9-5-6-10-18(17)14-21)15-23-20(25)19(24)22-12-11-16-7-3-2-4-8-16/h2-10H,11-15H2,1H3,(H,22,24)(H,23,25). The summed E-state index contributed by atoms with van der Waals surface area (Å²) in [6.45, 7) is 0.736. The van der Waals surface area contributed by atoms with Gasteiger partial charge in [-0.25, -0.2) is 0 Å². The molecule has 5 nitrogen and oxygen atoms in total. The molecule has 3 rings (SSSR count). The molecule has 0 heterocycles. The molecule has 0 saturated carbocycles. The van der Waals surface area contributed by atoms with Gasteiger partial charge in [-0.2, -0.15) is 0 Å². The summed E-state index contributed by atoms with van der Waals surface area (Å²) in [5.74, 6) is -1.23. The van der Waals surface area contributed by atoms with Gasteiger partial charge < -0.3 is 15.4 Å². The third-order valence-corrected chi connectivity index (χ3v) is 4.90. The molecule has 0 radical (unpaired) electrons. The minimum Gasteiger partial charge on any atom is -0.376 e. The Bertz CT molecular complexity index is 749. The van der Waals surface area contributed by atoms with E-state index in [4.69, 9.17) is 4.74 Å². The van der Waals surface area contributed by atoms with Crippen LogP contribution in [0.25, 0.3) is 0 Å². The van der Waals surface area contributed by atoms with Gasteiger partial charge >= 0.3 is 11.8 Å². The molecule has 0 fully saturated rings. The molecule has 2 amide bonds. The van der Waals surface area contributed by atoms with Crippen LogP contribution in [0.3, 0.4) is 0 Å². The van der Waals surface area contributed by atoms with Crippen LogP contribution in [0.1, 0.15) is 16.7 Å². The maximum absolute atomic E-state index is 12.1. The van der Waals surface area contributed by atoms with E-state index in [0.29, 0.717) is 19.5 Å². The smallest absolute Gasteiger partial charge is 0.309 e. The number of nitrogens with one attached hydrogen (secondary N) is 2. The lowest BCUT2D eigenvalue weighted by Crippen LogP contribution is -2.49. The highest BCUT2D eigenvalue weighted by atomic mass is 16.5. The van der Waals surface area contributed by atoms with E-state index >= 15 is 0 Å². The minimum absolute atomic E-state index is 0.309. The van der Waals surface area contributed by atoms with Crippen molar-refractivity contribution in [1.82, 2.24) is 10.6 Å². The number of carbonyl (C=O) groups is 2. The summed E-state index contributed by atoms with van der Waals surface area (Å²) in [6.07, 6.45) is 2.16. The van der Waals surface area contributed by atoms with Gasteiger partial charge in [-0.1, -0.05) is 54.6 Å². The molecule has 1 aliphatic rings. The number of fused-ring (bicyclic) bond motifs is 1. The molecule has 0 spiro atoms. The molecule has 2 aromatic carbocycles. The number of carbonyl (C=O) groups excluding carboxylic acids is 2. The van der Waals surface area contributed by atoms with Crippen molar-refractivity contribution in [1.29, 1.82) is 0 Å². The van der Waals surface area contributed by atoms with E-state index in [1.807, 2.05) is 42.5 Å². The Labute approximate surface area is 153 Å². The van der Waals surface area contributed by atoms with Crippen molar-refractivity contribution in [3.8, 4) is 0 Å². The maximum atomic E-state index is 12.1. The van der Waals surface area contributed by atoms with Crippen LogP contribution in [-0.4, -0.2) is 37.6 Å². The fraction of sp³-hybridized carbons (Fsp3) is 0.333. The molecule has 0 aliphatic heterocycles. The van der Waals surface area contributed by atoms with E-state index in [1.165, 1.54) is 11.1 Å². The Balaban J connectivity index is 1.46. The zero-order chi connectivity index (χ0) is 18.4. The first kappa shape index (κ1) is 18.1. The number of methoxy groups -OCH3 is 1. The van der Waals surface area contributed by atoms with Crippen molar-refractivity contribution in [3.63, 3.8) is 0 Å². The van der Waals surface area contributed by atoms with Gasteiger partial charge in [0.15, 0.2) is 0 Å². The third-order valence-electron chi connectivity index (χ3n) is 4.90. The van der Waals surface area contributed by atoms with Crippen LogP contribution >= 0.6 is 0 Å². The molecule has 0 aromatic heterocycles. The van der Waals surface area contributed by atoms with Crippen molar-refractivity contribution >= 4 is 11.8 Å². The average molecular weight is 352 g/mol. The number of benzene rings is 2. The van der Waals surface area contributed by atoms with E-state index in [1.54, 1.807) is 7.11 Å². The first-order chi connectivity index (χ1) is 12.6. The zero-order valence-corrected chi connectivity index (χ0v) is 15.0. The van der Waals surface area contributed by atoms with Crippen LogP contribution < -0.4 is 10.6 Å². The quantitative estimate of drug-likeness (QED) is 0.777. The van der Waals surface area contributed by atoms with Gasteiger partial charge in [0, 0.05) is 33.0 Å². The van der Waals surface area contributed by atoms with Crippen LogP contribution in [0.4, 0.5) is 0 Å². The summed E-state index contributed by atoms with van der Waals surface area (Å²) in [5, 5.41) is 5.39. The second-order valence-corrected chi connectivity index (χ2v) is 6.68. The number of rotatable bonds is 6. The molecule has 1 aliphatic carbocycles. The van der Waals surface area contributed by atoms with Gasteiger partial charge in [-0.05, 0) is 23.1 Å². The molecule has 26 heavy (non-hydrogen) atoms. The van der Waals surface area contributed by atoms with Crippen molar-refractivity contribution in [2.75, 3.05) is 20.2 Å². The molecule has 0 saturated heterocycles. The van der Waals surface area contributed by atoms with E-state index < -0.39 is 17.4 Å². The highest BCUT2D eigenvalue weighted by Gasteiger charge is 2.37. The molecule has 0 atom stereocenters. The van der Waals surface area contributed by atoms with Crippen LogP contribution in [0.15, 0.2) is 54.6 Å². The van der Waals surface area contributed by atoms with Crippen LogP contribution in [0.5, 0.6) is 0 Å². The zero-order valence-electron chi connectivity index (χ0n) is 15.0. The van der Waals surface area contributed by atoms with Crippen LogP contribution in [0, 0.1) is 0 Å². The molecule has 136 valence electrons. The van der Waals surface area contributed by atoms with Gasteiger partial charge in [-0.3, -0.25) is 9.59 Å². The first-order valence-corrected chi connectivity index (χ1v) is 8.84. The lowest BCUT2D eigenvalue weighted by Gasteiger charge is -2.27. The molecule has 2 N–H and O–H groups in total. The summed E-state index contributed by atoms with van der Waals surface area (Å²) in [6, 6.07) is 18.0. The Morgan fingerprint density at radius 1 is 0.923 bits per heavy atom. The molecule has 2 aromatic rings. The second kappa shape index (κ2) is 8.15. The lowest BCUT2D eigenvalue weighted by molar-refractivity contribution is -0.140. The second-order valence-electron chi connectivity index (χ2n) is 6.68. The Morgan fingerprint density at radius 3 is 2.12 bits per heavy atom. The van der Waals surface area contributed by atoms with E-state index in [9.17, 15) is 9.59 Å². The monoisotopic (exact) mass is 352 g/mol. The van der Waals surface area contributed by atoms with Gasteiger partial charge in [0.1, 0.15) is 0 Å². The summed E-state index contributed by atoms with van der Waals surface area (Å²) in [4.78, 5) is 24.1. The molecule has 5 heteroatoms. The van der Waals surface area contributed by atoms with E-state index in [2.05, 4.69) is 22.8 Å². The lowest BCUT2D eigenvalue weighted by atomic mass is 10.00. The number of hydrogen-bond acceptors (Lipinski definition) is 3. The summed E-state index contributed by atoms with van der Waals surface area (Å²) in [5.41, 5.74) is 3.10. The SMILES string of the molecule is COC1(CNC(=O)C(=O)NCCc2ccccc2)Cc2ccccc2C1. The number of ether oxygens (including phenoxy) is 1. The highest BCUT2D eigenvalue weighted by Crippen LogP contribution is 2.31. The molecule has 0 unspecified atom stereocenters. The average Bonchev–Trinajstić information content (AvgIpc) is 3.06. The van der Waals surface area contributed by atoms with Crippen molar-refractivity contribution in [3.05, 3.63) is 71.3 Å². The predicted octanol–water partition coefficient (Wildman–Crippen LogP) is 1.65. The molecule has 0 bridgehead atoms. The van der Waals surface area contributed by atoms with Crippen molar-refractivity contribution in [2.45, 2.75) is 24.9 Å². The molecular formula is C21H24N2O3. The number of amides is 2. The van der Waals surface area contributed by atoms with Crippen molar-refractivity contribution < 1.29 is 14.3 Å². The predicted molar refractivity (Wildman–Crippen MR) is 99.8 cm³/mol. The fourth-order valence-corrected chi connectivity index (χ4v) is 3.37. The van der Waals surface area contributed by atoms with E-state index in [-0.39, 0.29) is 0 Å².